The van der Waals surface area contributed by atoms with Gasteiger partial charge in [-0.25, -0.2) is 0 Å². The van der Waals surface area contributed by atoms with Gasteiger partial charge in [0.05, 0.1) is 5.41 Å². The Bertz CT molecular complexity index is 604. The molecule has 3 unspecified atom stereocenters. The van der Waals surface area contributed by atoms with E-state index < -0.39 is 11.4 Å². The van der Waals surface area contributed by atoms with Crippen LogP contribution in [0.25, 0.3) is 0 Å². The molecule has 1 fully saturated rings. The van der Waals surface area contributed by atoms with Crippen LogP contribution >= 0.6 is 0 Å². The van der Waals surface area contributed by atoms with Gasteiger partial charge in [-0.3, -0.25) is 4.79 Å². The van der Waals surface area contributed by atoms with E-state index in [9.17, 15) is 9.90 Å². The molecule has 1 aromatic rings. The Morgan fingerprint density at radius 1 is 1.27 bits per heavy atom. The van der Waals surface area contributed by atoms with E-state index in [1.807, 2.05) is 6.92 Å². The Morgan fingerprint density at radius 3 is 2.64 bits per heavy atom. The number of hydrogen-bond acceptors (Lipinski definition) is 1. The summed E-state index contributed by atoms with van der Waals surface area (Å²) in [4.78, 5) is 11.9. The Kier molecular flexibility index (Phi) is 3.62. The van der Waals surface area contributed by atoms with Gasteiger partial charge in [0, 0.05) is 0 Å². The second-order valence-corrected chi connectivity index (χ2v) is 8.16. The Morgan fingerprint density at radius 2 is 2.00 bits per heavy atom. The van der Waals surface area contributed by atoms with Gasteiger partial charge >= 0.3 is 5.97 Å². The lowest BCUT2D eigenvalue weighted by Crippen LogP contribution is -2.52. The van der Waals surface area contributed by atoms with Gasteiger partial charge in [0.2, 0.25) is 0 Å². The number of aliphatic carboxylic acids is 1. The third-order valence-corrected chi connectivity index (χ3v) is 6.53. The number of hydrogen-bond donors (Lipinski definition) is 1. The topological polar surface area (TPSA) is 37.3 Å². The van der Waals surface area contributed by atoms with E-state index in [1.165, 1.54) is 16.7 Å². The number of carbonyl (C=O) groups is 1. The Balaban J connectivity index is 2.08. The standard InChI is InChI=1S/C20H28O2/c1-13(2)14-6-8-16-15(12-14)7-9-17-19(16,3)10-5-11-20(17,4)18(21)22/h6,8,12-13,17H,5,7,9-11H2,1-4H3,(H,21,22). The maximum absolute atomic E-state index is 11.9. The van der Waals surface area contributed by atoms with Gasteiger partial charge in [0.15, 0.2) is 0 Å². The average Bonchev–Trinajstić information content (AvgIpc) is 2.46. The predicted molar refractivity (Wildman–Crippen MR) is 89.3 cm³/mol. The summed E-state index contributed by atoms with van der Waals surface area (Å²) in [5.41, 5.74) is 3.73. The summed E-state index contributed by atoms with van der Waals surface area (Å²) in [5, 5.41) is 9.82. The van der Waals surface area contributed by atoms with Crippen molar-refractivity contribution in [2.45, 2.75) is 71.1 Å². The van der Waals surface area contributed by atoms with Gasteiger partial charge in [0.25, 0.3) is 0 Å². The van der Waals surface area contributed by atoms with Crippen molar-refractivity contribution in [3.05, 3.63) is 34.9 Å². The Labute approximate surface area is 133 Å². The third kappa shape index (κ3) is 2.11. The summed E-state index contributed by atoms with van der Waals surface area (Å²) >= 11 is 0. The van der Waals surface area contributed by atoms with E-state index in [0.29, 0.717) is 5.92 Å². The first-order valence-corrected chi connectivity index (χ1v) is 8.66. The molecule has 22 heavy (non-hydrogen) atoms. The zero-order chi connectivity index (χ0) is 16.1. The summed E-state index contributed by atoms with van der Waals surface area (Å²) in [6.45, 7) is 8.75. The van der Waals surface area contributed by atoms with E-state index in [0.717, 1.165) is 32.1 Å². The molecule has 2 aliphatic rings. The predicted octanol–water partition coefficient (Wildman–Crippen LogP) is 4.90. The monoisotopic (exact) mass is 300 g/mol. The molecule has 0 amide bonds. The fourth-order valence-electron chi connectivity index (χ4n) is 5.13. The van der Waals surface area contributed by atoms with E-state index in [2.05, 4.69) is 39.0 Å². The van der Waals surface area contributed by atoms with Crippen LogP contribution in [0, 0.1) is 11.3 Å². The van der Waals surface area contributed by atoms with E-state index in [-0.39, 0.29) is 11.3 Å². The van der Waals surface area contributed by atoms with Crippen LogP contribution in [0.3, 0.4) is 0 Å². The average molecular weight is 300 g/mol. The van der Waals surface area contributed by atoms with Gasteiger partial charge < -0.3 is 5.11 Å². The molecule has 2 heteroatoms. The minimum Gasteiger partial charge on any atom is -0.481 e. The zero-order valence-electron chi connectivity index (χ0n) is 14.3. The van der Waals surface area contributed by atoms with Crippen molar-refractivity contribution < 1.29 is 9.90 Å². The molecule has 0 heterocycles. The summed E-state index contributed by atoms with van der Waals surface area (Å²) in [6.07, 6.45) is 4.99. The maximum Gasteiger partial charge on any atom is 0.309 e. The van der Waals surface area contributed by atoms with Gasteiger partial charge in [-0.15, -0.1) is 0 Å². The fraction of sp³-hybridized carbons (Fsp3) is 0.650. The number of carboxylic acids is 1. The zero-order valence-corrected chi connectivity index (χ0v) is 14.3. The molecule has 120 valence electrons. The maximum atomic E-state index is 11.9. The first-order valence-electron chi connectivity index (χ1n) is 8.66. The number of carboxylic acid groups (broad SMARTS) is 1. The van der Waals surface area contributed by atoms with Crippen molar-refractivity contribution in [1.29, 1.82) is 0 Å². The summed E-state index contributed by atoms with van der Waals surface area (Å²) in [6, 6.07) is 6.92. The highest BCUT2D eigenvalue weighted by Crippen LogP contribution is 2.57. The molecule has 2 nitrogen and oxygen atoms in total. The molecule has 0 saturated heterocycles. The molecule has 1 saturated carbocycles. The molecule has 1 aromatic carbocycles. The van der Waals surface area contributed by atoms with Crippen LogP contribution in [0.4, 0.5) is 0 Å². The second kappa shape index (κ2) is 5.11. The number of fused-ring (bicyclic) bond motifs is 3. The van der Waals surface area contributed by atoms with Crippen molar-refractivity contribution in [2.24, 2.45) is 11.3 Å². The highest BCUT2D eigenvalue weighted by Gasteiger charge is 2.55. The molecule has 3 atom stereocenters. The smallest absolute Gasteiger partial charge is 0.309 e. The normalized spacial score (nSPS) is 34.1. The number of rotatable bonds is 2. The van der Waals surface area contributed by atoms with E-state index >= 15 is 0 Å². The highest BCUT2D eigenvalue weighted by atomic mass is 16.4. The highest BCUT2D eigenvalue weighted by molar-refractivity contribution is 5.75. The van der Waals surface area contributed by atoms with Crippen molar-refractivity contribution in [1.82, 2.24) is 0 Å². The number of aryl methyl sites for hydroxylation is 1. The van der Waals surface area contributed by atoms with Gasteiger partial charge in [-0.2, -0.15) is 0 Å². The first kappa shape index (κ1) is 15.6. The summed E-state index contributed by atoms with van der Waals surface area (Å²) < 4.78 is 0. The third-order valence-electron chi connectivity index (χ3n) is 6.53. The molecular weight excluding hydrogens is 272 g/mol. The van der Waals surface area contributed by atoms with Gasteiger partial charge in [-0.1, -0.05) is 45.4 Å². The molecule has 0 radical (unpaired) electrons. The van der Waals surface area contributed by atoms with Crippen LogP contribution in [0.2, 0.25) is 0 Å². The second-order valence-electron chi connectivity index (χ2n) is 8.16. The molecule has 0 aromatic heterocycles. The fourth-order valence-corrected chi connectivity index (χ4v) is 5.13. The van der Waals surface area contributed by atoms with E-state index in [1.54, 1.807) is 0 Å². The lowest BCUT2D eigenvalue weighted by atomic mass is 9.50. The van der Waals surface area contributed by atoms with Crippen molar-refractivity contribution in [3.63, 3.8) is 0 Å². The minimum atomic E-state index is -0.606. The van der Waals surface area contributed by atoms with Gasteiger partial charge in [-0.05, 0) is 66.5 Å². The molecule has 2 aliphatic carbocycles. The van der Waals surface area contributed by atoms with Crippen LogP contribution in [-0.2, 0) is 16.6 Å². The van der Waals surface area contributed by atoms with Crippen molar-refractivity contribution >= 4 is 5.97 Å². The lowest BCUT2D eigenvalue weighted by molar-refractivity contribution is -0.157. The van der Waals surface area contributed by atoms with Crippen LogP contribution in [0.15, 0.2) is 18.2 Å². The van der Waals surface area contributed by atoms with Gasteiger partial charge in [0.1, 0.15) is 0 Å². The Hall–Kier alpha value is -1.31. The van der Waals surface area contributed by atoms with Crippen molar-refractivity contribution in [2.75, 3.05) is 0 Å². The minimum absolute atomic E-state index is 0.0223. The lowest BCUT2D eigenvalue weighted by Gasteiger charge is -2.53. The summed E-state index contributed by atoms with van der Waals surface area (Å²) in [7, 11) is 0. The van der Waals surface area contributed by atoms with Crippen LogP contribution in [0.5, 0.6) is 0 Å². The molecule has 0 bridgehead atoms. The quantitative estimate of drug-likeness (QED) is 0.843. The molecule has 3 rings (SSSR count). The van der Waals surface area contributed by atoms with Crippen LogP contribution < -0.4 is 0 Å². The van der Waals surface area contributed by atoms with Crippen LogP contribution in [-0.4, -0.2) is 11.1 Å². The van der Waals surface area contributed by atoms with Crippen LogP contribution in [0.1, 0.15) is 76.0 Å². The molecule has 0 aliphatic heterocycles. The summed E-state index contributed by atoms with van der Waals surface area (Å²) in [5.74, 6) is 0.195. The van der Waals surface area contributed by atoms with Crippen molar-refractivity contribution in [3.8, 4) is 0 Å². The number of benzene rings is 1. The molecular formula is C20H28O2. The largest absolute Gasteiger partial charge is 0.481 e. The SMILES string of the molecule is CC(C)c1ccc2c(c1)CCC1C(C)(C(=O)O)CCCC21C. The van der Waals surface area contributed by atoms with E-state index in [4.69, 9.17) is 0 Å². The first-order chi connectivity index (χ1) is 10.3. The molecule has 1 N–H and O–H groups in total. The molecule has 0 spiro atoms.